The Bertz CT molecular complexity index is 702. The SMILES string of the molecule is O=C(NCC1CCOCC1)[C@H]1CCC(=O)N(Cc2cccc(C(F)(F)F)c2)C1. The molecule has 0 unspecified atom stereocenters. The number of alkyl halides is 3. The molecule has 8 heteroatoms. The number of hydrogen-bond donors (Lipinski definition) is 1. The molecule has 0 aliphatic carbocycles. The second-order valence-corrected chi connectivity index (χ2v) is 7.51. The van der Waals surface area contributed by atoms with Crippen molar-refractivity contribution in [3.63, 3.8) is 0 Å². The van der Waals surface area contributed by atoms with Gasteiger partial charge in [-0.25, -0.2) is 0 Å². The number of carbonyl (C=O) groups is 2. The van der Waals surface area contributed by atoms with Gasteiger partial charge in [-0.1, -0.05) is 12.1 Å². The molecule has 0 radical (unpaired) electrons. The lowest BCUT2D eigenvalue weighted by atomic mass is 9.95. The number of rotatable bonds is 5. The molecule has 2 fully saturated rings. The van der Waals surface area contributed by atoms with Crippen molar-refractivity contribution in [3.8, 4) is 0 Å². The predicted octanol–water partition coefficient (Wildman–Crippen LogP) is 2.99. The highest BCUT2D eigenvalue weighted by Gasteiger charge is 2.32. The fourth-order valence-electron chi connectivity index (χ4n) is 3.69. The lowest BCUT2D eigenvalue weighted by molar-refractivity contribution is -0.139. The summed E-state index contributed by atoms with van der Waals surface area (Å²) in [6, 6.07) is 4.97. The zero-order chi connectivity index (χ0) is 20.1. The Balaban J connectivity index is 1.56. The molecule has 0 bridgehead atoms. The molecule has 3 rings (SSSR count). The van der Waals surface area contributed by atoms with Crippen LogP contribution >= 0.6 is 0 Å². The molecule has 2 aliphatic heterocycles. The Hall–Kier alpha value is -2.09. The monoisotopic (exact) mass is 398 g/mol. The first kappa shape index (κ1) is 20.6. The Morgan fingerprint density at radius 3 is 2.68 bits per heavy atom. The zero-order valence-electron chi connectivity index (χ0n) is 15.6. The van der Waals surface area contributed by atoms with E-state index in [4.69, 9.17) is 4.74 Å². The standard InChI is InChI=1S/C20H25F3N2O3/c21-20(22,23)17-3-1-2-15(10-17)12-25-13-16(4-5-18(25)26)19(27)24-11-14-6-8-28-9-7-14/h1-3,10,14,16H,4-9,11-13H2,(H,24,27)/t16-/m0/s1. The quantitative estimate of drug-likeness (QED) is 0.830. The van der Waals surface area contributed by atoms with Crippen LogP contribution in [0.3, 0.4) is 0 Å². The number of carbonyl (C=O) groups excluding carboxylic acids is 2. The molecule has 1 N–H and O–H groups in total. The summed E-state index contributed by atoms with van der Waals surface area (Å²) >= 11 is 0. The van der Waals surface area contributed by atoms with E-state index < -0.39 is 11.7 Å². The van der Waals surface area contributed by atoms with E-state index in [9.17, 15) is 22.8 Å². The van der Waals surface area contributed by atoms with Gasteiger partial charge in [0, 0.05) is 39.3 Å². The third-order valence-electron chi connectivity index (χ3n) is 5.40. The zero-order valence-corrected chi connectivity index (χ0v) is 15.6. The van der Waals surface area contributed by atoms with Crippen LogP contribution in [0.5, 0.6) is 0 Å². The number of likely N-dealkylation sites (tertiary alicyclic amines) is 1. The maximum atomic E-state index is 12.9. The number of hydrogen-bond acceptors (Lipinski definition) is 3. The van der Waals surface area contributed by atoms with Crippen LogP contribution in [0.4, 0.5) is 13.2 Å². The molecular formula is C20H25F3N2O3. The van der Waals surface area contributed by atoms with E-state index in [1.165, 1.54) is 11.0 Å². The van der Waals surface area contributed by atoms with Gasteiger partial charge in [0.15, 0.2) is 0 Å². The number of nitrogens with one attached hydrogen (secondary N) is 1. The maximum absolute atomic E-state index is 12.9. The van der Waals surface area contributed by atoms with Gasteiger partial charge in [-0.15, -0.1) is 0 Å². The summed E-state index contributed by atoms with van der Waals surface area (Å²) in [7, 11) is 0. The number of nitrogens with zero attached hydrogens (tertiary/aromatic N) is 1. The van der Waals surface area contributed by atoms with Crippen molar-refractivity contribution in [3.05, 3.63) is 35.4 Å². The Kier molecular flexibility index (Phi) is 6.59. The van der Waals surface area contributed by atoms with Gasteiger partial charge >= 0.3 is 6.18 Å². The highest BCUT2D eigenvalue weighted by Crippen LogP contribution is 2.30. The third kappa shape index (κ3) is 5.47. The van der Waals surface area contributed by atoms with Crippen molar-refractivity contribution in [2.75, 3.05) is 26.3 Å². The molecule has 2 aliphatic rings. The van der Waals surface area contributed by atoms with Gasteiger partial charge in [0.2, 0.25) is 11.8 Å². The third-order valence-corrected chi connectivity index (χ3v) is 5.40. The van der Waals surface area contributed by atoms with E-state index in [0.717, 1.165) is 25.0 Å². The van der Waals surface area contributed by atoms with Crippen LogP contribution in [0.25, 0.3) is 0 Å². The fourth-order valence-corrected chi connectivity index (χ4v) is 3.69. The maximum Gasteiger partial charge on any atom is 0.416 e. The number of halogens is 3. The molecule has 1 aromatic carbocycles. The molecule has 0 spiro atoms. The molecule has 2 saturated heterocycles. The van der Waals surface area contributed by atoms with E-state index in [0.29, 0.717) is 37.7 Å². The number of piperidine rings is 1. The fraction of sp³-hybridized carbons (Fsp3) is 0.600. The Morgan fingerprint density at radius 1 is 1.21 bits per heavy atom. The normalized spacial score (nSPS) is 21.6. The summed E-state index contributed by atoms with van der Waals surface area (Å²) in [5.41, 5.74) is -0.327. The van der Waals surface area contributed by atoms with Gasteiger partial charge in [0.05, 0.1) is 11.5 Å². The van der Waals surface area contributed by atoms with Crippen LogP contribution in [0.1, 0.15) is 36.8 Å². The highest BCUT2D eigenvalue weighted by atomic mass is 19.4. The van der Waals surface area contributed by atoms with E-state index in [2.05, 4.69) is 5.32 Å². The average molecular weight is 398 g/mol. The number of ether oxygens (including phenoxy) is 1. The van der Waals surface area contributed by atoms with Crippen LogP contribution in [-0.4, -0.2) is 43.0 Å². The lowest BCUT2D eigenvalue weighted by Gasteiger charge is -2.32. The van der Waals surface area contributed by atoms with Gasteiger partial charge in [-0.05, 0) is 42.9 Å². The number of amides is 2. The summed E-state index contributed by atoms with van der Waals surface area (Å²) in [4.78, 5) is 26.2. The molecule has 2 amide bonds. The van der Waals surface area contributed by atoms with Crippen molar-refractivity contribution < 1.29 is 27.5 Å². The first-order valence-corrected chi connectivity index (χ1v) is 9.62. The molecule has 28 heavy (non-hydrogen) atoms. The minimum atomic E-state index is -4.42. The summed E-state index contributed by atoms with van der Waals surface area (Å²) in [6.45, 7) is 2.33. The largest absolute Gasteiger partial charge is 0.416 e. The van der Waals surface area contributed by atoms with Gasteiger partial charge < -0.3 is 15.0 Å². The smallest absolute Gasteiger partial charge is 0.381 e. The summed E-state index contributed by atoms with van der Waals surface area (Å²) in [5.74, 6) is -0.147. The minimum Gasteiger partial charge on any atom is -0.381 e. The topological polar surface area (TPSA) is 58.6 Å². The molecule has 5 nitrogen and oxygen atoms in total. The van der Waals surface area contributed by atoms with Crippen molar-refractivity contribution >= 4 is 11.8 Å². The van der Waals surface area contributed by atoms with Gasteiger partial charge in [0.1, 0.15) is 0 Å². The first-order valence-electron chi connectivity index (χ1n) is 9.62. The van der Waals surface area contributed by atoms with E-state index in [-0.39, 0.29) is 37.2 Å². The predicted molar refractivity (Wildman–Crippen MR) is 96.1 cm³/mol. The molecule has 0 saturated carbocycles. The average Bonchev–Trinajstić information content (AvgIpc) is 2.68. The Labute approximate surface area is 162 Å². The van der Waals surface area contributed by atoms with Crippen molar-refractivity contribution in [1.29, 1.82) is 0 Å². The molecule has 1 aromatic rings. The molecule has 0 aromatic heterocycles. The minimum absolute atomic E-state index is 0.0759. The van der Waals surface area contributed by atoms with Crippen molar-refractivity contribution in [1.82, 2.24) is 10.2 Å². The molecule has 1 atom stereocenters. The van der Waals surface area contributed by atoms with E-state index in [1.54, 1.807) is 6.07 Å². The van der Waals surface area contributed by atoms with Gasteiger partial charge in [-0.2, -0.15) is 13.2 Å². The summed E-state index contributed by atoms with van der Waals surface area (Å²) < 4.78 is 44.0. The molecular weight excluding hydrogens is 373 g/mol. The second-order valence-electron chi connectivity index (χ2n) is 7.51. The van der Waals surface area contributed by atoms with Crippen molar-refractivity contribution in [2.45, 2.75) is 38.4 Å². The highest BCUT2D eigenvalue weighted by molar-refractivity contribution is 5.83. The van der Waals surface area contributed by atoms with Crippen LogP contribution in [-0.2, 0) is 27.0 Å². The van der Waals surface area contributed by atoms with Crippen molar-refractivity contribution in [2.24, 2.45) is 11.8 Å². The van der Waals surface area contributed by atoms with Gasteiger partial charge in [-0.3, -0.25) is 9.59 Å². The molecule has 2 heterocycles. The van der Waals surface area contributed by atoms with E-state index in [1.807, 2.05) is 0 Å². The van der Waals surface area contributed by atoms with Crippen LogP contribution < -0.4 is 5.32 Å². The van der Waals surface area contributed by atoms with E-state index >= 15 is 0 Å². The van der Waals surface area contributed by atoms with Crippen LogP contribution in [0.2, 0.25) is 0 Å². The Morgan fingerprint density at radius 2 is 1.96 bits per heavy atom. The summed E-state index contributed by atoms with van der Waals surface area (Å²) in [5, 5.41) is 2.97. The first-order chi connectivity index (χ1) is 13.3. The summed E-state index contributed by atoms with van der Waals surface area (Å²) in [6.07, 6.45) is -1.88. The van der Waals surface area contributed by atoms with Crippen LogP contribution in [0, 0.1) is 11.8 Å². The molecule has 154 valence electrons. The lowest BCUT2D eigenvalue weighted by Crippen LogP contribution is -2.46. The van der Waals surface area contributed by atoms with Gasteiger partial charge in [0.25, 0.3) is 0 Å². The van der Waals surface area contributed by atoms with Crippen LogP contribution in [0.15, 0.2) is 24.3 Å². The number of benzene rings is 1. The second kappa shape index (κ2) is 8.94.